The summed E-state index contributed by atoms with van der Waals surface area (Å²) in [6, 6.07) is 0. The fraction of sp³-hybridized carbons (Fsp3) is 0.800. The summed E-state index contributed by atoms with van der Waals surface area (Å²) in [6.45, 7) is 4.54. The van der Waals surface area contributed by atoms with Crippen molar-refractivity contribution in [2.24, 2.45) is 10.7 Å². The third-order valence-electron chi connectivity index (χ3n) is 1.85. The van der Waals surface area contributed by atoms with E-state index >= 15 is 0 Å². The van der Waals surface area contributed by atoms with Crippen molar-refractivity contribution >= 4 is 11.9 Å². The number of carbonyl (C=O) groups excluding carboxylic acids is 1. The minimum Gasteiger partial charge on any atom is -0.368 e. The van der Waals surface area contributed by atoms with Gasteiger partial charge in [-0.2, -0.15) is 5.48 Å². The number of unbranched alkanes of at least 4 members (excludes halogenated alkanes) is 3. The molecule has 0 fully saturated rings. The molecule has 5 nitrogen and oxygen atoms in total. The van der Waals surface area contributed by atoms with E-state index in [9.17, 15) is 4.79 Å². The minimum atomic E-state index is -0.348. The smallest absolute Gasteiger partial charge is 0.331 e. The number of aliphatic imine (C=N–C) groups is 1. The number of nitrogens with two attached hydrogens (primary N) is 1. The van der Waals surface area contributed by atoms with E-state index in [-0.39, 0.29) is 11.9 Å². The molecule has 88 valence electrons. The molecule has 0 radical (unpaired) electrons. The average Bonchev–Trinajstić information content (AvgIpc) is 2.25. The number of nitrogens with one attached hydrogen (secondary N) is 1. The fourth-order valence-corrected chi connectivity index (χ4v) is 0.952. The summed E-state index contributed by atoms with van der Waals surface area (Å²) in [6.07, 6.45) is 4.90. The molecule has 0 aromatic carbocycles. The molecule has 3 N–H and O–H groups in total. The third-order valence-corrected chi connectivity index (χ3v) is 1.85. The molecule has 0 saturated heterocycles. The molecule has 0 spiro atoms. The second-order valence-electron chi connectivity index (χ2n) is 3.26. The molecule has 0 rings (SSSR count). The maximum atomic E-state index is 10.7. The van der Waals surface area contributed by atoms with Crippen LogP contribution in [0.4, 0.5) is 0 Å². The van der Waals surface area contributed by atoms with Crippen molar-refractivity contribution in [2.45, 2.75) is 46.0 Å². The lowest BCUT2D eigenvalue weighted by atomic mass is 10.2. The number of guanidine groups is 1. The van der Waals surface area contributed by atoms with Crippen LogP contribution < -0.4 is 11.2 Å². The highest BCUT2D eigenvalue weighted by Crippen LogP contribution is 1.98. The number of rotatable bonds is 6. The lowest BCUT2D eigenvalue weighted by molar-refractivity contribution is -0.147. The summed E-state index contributed by atoms with van der Waals surface area (Å²) in [5.74, 6) is -0.188. The standard InChI is InChI=1S/C10H21N3O2/c1-3-5-6-7-8-12-10(11)13-15-9(14)4-2/h3-8H2,1-2H3,(H3,11,12,13). The van der Waals surface area contributed by atoms with Crippen LogP contribution in [0.15, 0.2) is 4.99 Å². The number of hydroxylamine groups is 1. The molecule has 0 aliphatic carbocycles. The Bertz CT molecular complexity index is 205. The van der Waals surface area contributed by atoms with Crippen LogP contribution in [0.5, 0.6) is 0 Å². The SMILES string of the molecule is CCCCCCN=C(N)NOC(=O)CC. The van der Waals surface area contributed by atoms with Crippen molar-refractivity contribution in [2.75, 3.05) is 6.54 Å². The Morgan fingerprint density at radius 1 is 1.33 bits per heavy atom. The van der Waals surface area contributed by atoms with Crippen LogP contribution >= 0.6 is 0 Å². The van der Waals surface area contributed by atoms with Gasteiger partial charge in [-0.05, 0) is 6.42 Å². The Kier molecular flexibility index (Phi) is 8.52. The second kappa shape index (κ2) is 9.30. The fourth-order valence-electron chi connectivity index (χ4n) is 0.952. The minimum absolute atomic E-state index is 0.160. The molecule has 0 aromatic rings. The molecule has 0 saturated carbocycles. The number of nitrogens with zero attached hydrogens (tertiary/aromatic N) is 1. The molecule has 0 heterocycles. The third kappa shape index (κ3) is 9.05. The molecule has 0 atom stereocenters. The van der Waals surface area contributed by atoms with Crippen LogP contribution in [0.3, 0.4) is 0 Å². The molecule has 15 heavy (non-hydrogen) atoms. The van der Waals surface area contributed by atoms with Gasteiger partial charge in [-0.1, -0.05) is 33.1 Å². The monoisotopic (exact) mass is 215 g/mol. The summed E-state index contributed by atoms with van der Waals surface area (Å²) in [4.78, 5) is 19.3. The zero-order chi connectivity index (χ0) is 11.5. The van der Waals surface area contributed by atoms with Crippen molar-refractivity contribution in [3.8, 4) is 0 Å². The Morgan fingerprint density at radius 2 is 2.07 bits per heavy atom. The van der Waals surface area contributed by atoms with Crippen LogP contribution in [-0.4, -0.2) is 18.5 Å². The molecule has 0 unspecified atom stereocenters. The van der Waals surface area contributed by atoms with Crippen molar-refractivity contribution in [1.82, 2.24) is 5.48 Å². The van der Waals surface area contributed by atoms with E-state index in [1.165, 1.54) is 12.8 Å². The van der Waals surface area contributed by atoms with E-state index in [2.05, 4.69) is 22.2 Å². The summed E-state index contributed by atoms with van der Waals surface area (Å²) in [5, 5.41) is 0. The van der Waals surface area contributed by atoms with Crippen LogP contribution in [0, 0.1) is 0 Å². The van der Waals surface area contributed by atoms with Gasteiger partial charge in [-0.25, -0.2) is 4.79 Å². The van der Waals surface area contributed by atoms with Crippen LogP contribution in [0.1, 0.15) is 46.0 Å². The predicted molar refractivity (Wildman–Crippen MR) is 60.2 cm³/mol. The van der Waals surface area contributed by atoms with E-state index < -0.39 is 0 Å². The Hall–Kier alpha value is -1.26. The summed E-state index contributed by atoms with van der Waals surface area (Å²) >= 11 is 0. The molecular weight excluding hydrogens is 194 g/mol. The molecule has 0 aromatic heterocycles. The van der Waals surface area contributed by atoms with E-state index in [0.29, 0.717) is 13.0 Å². The van der Waals surface area contributed by atoms with E-state index in [4.69, 9.17) is 5.73 Å². The first-order valence-corrected chi connectivity index (χ1v) is 5.46. The molecule has 0 aliphatic heterocycles. The van der Waals surface area contributed by atoms with Crippen LogP contribution in [0.25, 0.3) is 0 Å². The van der Waals surface area contributed by atoms with E-state index in [1.54, 1.807) is 6.92 Å². The van der Waals surface area contributed by atoms with E-state index in [0.717, 1.165) is 12.8 Å². The molecular formula is C10H21N3O2. The van der Waals surface area contributed by atoms with E-state index in [1.807, 2.05) is 0 Å². The molecule has 0 bridgehead atoms. The highest BCUT2D eigenvalue weighted by molar-refractivity contribution is 5.79. The normalized spacial score (nSPS) is 11.2. The van der Waals surface area contributed by atoms with Crippen LogP contribution in [-0.2, 0) is 9.63 Å². The highest BCUT2D eigenvalue weighted by atomic mass is 16.7. The Balaban J connectivity index is 3.47. The maximum absolute atomic E-state index is 10.7. The summed E-state index contributed by atoms with van der Waals surface area (Å²) in [7, 11) is 0. The molecule has 0 aliphatic rings. The second-order valence-corrected chi connectivity index (χ2v) is 3.26. The summed E-state index contributed by atoms with van der Waals surface area (Å²) < 4.78 is 0. The largest absolute Gasteiger partial charge is 0.368 e. The predicted octanol–water partition coefficient (Wildman–Crippen LogP) is 1.34. The maximum Gasteiger partial charge on any atom is 0.331 e. The zero-order valence-corrected chi connectivity index (χ0v) is 9.58. The lowest BCUT2D eigenvalue weighted by Gasteiger charge is -2.04. The van der Waals surface area contributed by atoms with Gasteiger partial charge in [0.2, 0.25) is 5.96 Å². The Labute approximate surface area is 91.0 Å². The van der Waals surface area contributed by atoms with Crippen molar-refractivity contribution in [3.63, 3.8) is 0 Å². The van der Waals surface area contributed by atoms with Crippen molar-refractivity contribution in [1.29, 1.82) is 0 Å². The van der Waals surface area contributed by atoms with Gasteiger partial charge in [0.25, 0.3) is 0 Å². The van der Waals surface area contributed by atoms with Gasteiger partial charge >= 0.3 is 5.97 Å². The van der Waals surface area contributed by atoms with Gasteiger partial charge in [0.05, 0.1) is 0 Å². The van der Waals surface area contributed by atoms with Crippen LogP contribution in [0.2, 0.25) is 0 Å². The van der Waals surface area contributed by atoms with Crippen molar-refractivity contribution in [3.05, 3.63) is 0 Å². The zero-order valence-electron chi connectivity index (χ0n) is 9.58. The number of carbonyl (C=O) groups is 1. The summed E-state index contributed by atoms with van der Waals surface area (Å²) in [5.41, 5.74) is 7.76. The van der Waals surface area contributed by atoms with Gasteiger partial charge in [0.15, 0.2) is 0 Å². The van der Waals surface area contributed by atoms with Gasteiger partial charge < -0.3 is 10.6 Å². The first kappa shape index (κ1) is 13.7. The molecule has 5 heteroatoms. The highest BCUT2D eigenvalue weighted by Gasteiger charge is 1.98. The number of hydrogen-bond acceptors (Lipinski definition) is 3. The van der Waals surface area contributed by atoms with Gasteiger partial charge in [0, 0.05) is 13.0 Å². The first-order chi connectivity index (χ1) is 7.20. The Morgan fingerprint density at radius 3 is 2.67 bits per heavy atom. The number of hydrogen-bond donors (Lipinski definition) is 2. The van der Waals surface area contributed by atoms with Gasteiger partial charge in [-0.3, -0.25) is 4.99 Å². The van der Waals surface area contributed by atoms with Gasteiger partial charge in [-0.15, -0.1) is 0 Å². The lowest BCUT2D eigenvalue weighted by Crippen LogP contribution is -2.33. The molecule has 0 amide bonds. The topological polar surface area (TPSA) is 76.7 Å². The van der Waals surface area contributed by atoms with Gasteiger partial charge in [0.1, 0.15) is 0 Å². The average molecular weight is 215 g/mol. The quantitative estimate of drug-likeness (QED) is 0.303. The first-order valence-electron chi connectivity index (χ1n) is 5.46. The van der Waals surface area contributed by atoms with Crippen molar-refractivity contribution < 1.29 is 9.63 Å².